The zero-order valence-electron chi connectivity index (χ0n) is 13.7. The van der Waals surface area contributed by atoms with Gasteiger partial charge in [0.1, 0.15) is 23.3 Å². The number of carboxylic acids is 1. The molecule has 2 aromatic carbocycles. The van der Waals surface area contributed by atoms with Crippen molar-refractivity contribution in [2.24, 2.45) is 5.73 Å². The van der Waals surface area contributed by atoms with Gasteiger partial charge in [0.05, 0.1) is 10.7 Å². The molecule has 0 spiro atoms. The van der Waals surface area contributed by atoms with Crippen LogP contribution < -0.4 is 10.5 Å². The molecule has 0 aromatic heterocycles. The fraction of sp³-hybridized carbons (Fsp3) is 0.133. The number of rotatable bonds is 5. The molecule has 2 aromatic rings. The van der Waals surface area contributed by atoms with E-state index in [0.29, 0.717) is 18.6 Å². The van der Waals surface area contributed by atoms with Crippen molar-refractivity contribution < 1.29 is 37.3 Å². The second-order valence-corrected chi connectivity index (χ2v) is 9.58. The van der Waals surface area contributed by atoms with Gasteiger partial charge in [-0.15, -0.1) is 0 Å². The van der Waals surface area contributed by atoms with E-state index in [9.17, 15) is 9.90 Å². The summed E-state index contributed by atoms with van der Waals surface area (Å²) in [7, 11) is -4.67. The van der Waals surface area contributed by atoms with E-state index in [2.05, 4.69) is 22.6 Å². The first kappa shape index (κ1) is 25.6. The SMILES string of the molecule is N[C@@H](Cc1ccc(Oc2cc(I)c(O)c(I)c2)c(I)c1)C(=O)O.O=S(=O)(O)O. The van der Waals surface area contributed by atoms with Crippen LogP contribution in [-0.2, 0) is 21.6 Å². The lowest BCUT2D eigenvalue weighted by molar-refractivity contribution is -0.138. The van der Waals surface area contributed by atoms with Crippen LogP contribution in [0.15, 0.2) is 30.3 Å². The number of ether oxygens (including phenoxy) is 1. The fourth-order valence-electron chi connectivity index (χ4n) is 1.82. The van der Waals surface area contributed by atoms with E-state index < -0.39 is 22.4 Å². The van der Waals surface area contributed by atoms with Crippen LogP contribution in [-0.4, -0.2) is 39.7 Å². The summed E-state index contributed by atoms with van der Waals surface area (Å²) in [6.45, 7) is 0. The molecule has 0 saturated heterocycles. The molecular formula is C15H14I3NO8S. The maximum Gasteiger partial charge on any atom is 0.394 e. The van der Waals surface area contributed by atoms with E-state index in [1.54, 1.807) is 24.3 Å². The number of aromatic hydroxyl groups is 1. The monoisotopic (exact) mass is 749 g/mol. The number of nitrogens with two attached hydrogens (primary N) is 1. The number of aliphatic carboxylic acids is 1. The van der Waals surface area contributed by atoms with Crippen LogP contribution in [0.25, 0.3) is 0 Å². The molecule has 0 bridgehead atoms. The van der Waals surface area contributed by atoms with Gasteiger partial charge in [0.25, 0.3) is 0 Å². The normalized spacial score (nSPS) is 11.9. The third kappa shape index (κ3) is 9.35. The third-order valence-corrected chi connectivity index (χ3v) is 5.47. The molecule has 0 saturated carbocycles. The second-order valence-electron chi connectivity index (χ2n) is 5.20. The molecule has 0 aliphatic carbocycles. The van der Waals surface area contributed by atoms with Crippen molar-refractivity contribution in [3.05, 3.63) is 46.6 Å². The van der Waals surface area contributed by atoms with Crippen molar-refractivity contribution in [3.63, 3.8) is 0 Å². The minimum atomic E-state index is -4.67. The van der Waals surface area contributed by atoms with Gasteiger partial charge in [0, 0.05) is 0 Å². The summed E-state index contributed by atoms with van der Waals surface area (Å²) in [5, 5.41) is 18.6. The van der Waals surface area contributed by atoms with E-state index >= 15 is 0 Å². The molecule has 0 aliphatic rings. The highest BCUT2D eigenvalue weighted by Gasteiger charge is 2.14. The van der Waals surface area contributed by atoms with Crippen LogP contribution in [0, 0.1) is 10.7 Å². The molecule has 0 amide bonds. The van der Waals surface area contributed by atoms with Crippen LogP contribution in [0.3, 0.4) is 0 Å². The van der Waals surface area contributed by atoms with Crippen molar-refractivity contribution in [1.29, 1.82) is 0 Å². The van der Waals surface area contributed by atoms with E-state index in [1.807, 2.05) is 51.2 Å². The summed E-state index contributed by atoms with van der Waals surface area (Å²) in [6, 6.07) is 8.03. The Bertz CT molecular complexity index is 937. The lowest BCUT2D eigenvalue weighted by Crippen LogP contribution is -2.32. The number of hydrogen-bond acceptors (Lipinski definition) is 6. The van der Waals surface area contributed by atoms with Gasteiger partial charge in [-0.2, -0.15) is 8.42 Å². The van der Waals surface area contributed by atoms with Gasteiger partial charge in [-0.3, -0.25) is 13.9 Å². The van der Waals surface area contributed by atoms with Gasteiger partial charge in [0.15, 0.2) is 0 Å². The predicted molar refractivity (Wildman–Crippen MR) is 126 cm³/mol. The molecule has 1 atom stereocenters. The quantitative estimate of drug-likeness (QED) is 0.228. The highest BCUT2D eigenvalue weighted by molar-refractivity contribution is 14.1. The van der Waals surface area contributed by atoms with E-state index in [4.69, 9.17) is 33.1 Å². The molecule has 6 N–H and O–H groups in total. The first-order valence-corrected chi connectivity index (χ1v) is 11.7. The smallest absolute Gasteiger partial charge is 0.394 e. The molecule has 9 nitrogen and oxygen atoms in total. The molecule has 0 aliphatic heterocycles. The van der Waals surface area contributed by atoms with Gasteiger partial charge in [-0.1, -0.05) is 6.07 Å². The first-order valence-electron chi connectivity index (χ1n) is 7.10. The van der Waals surface area contributed by atoms with Crippen molar-refractivity contribution >= 4 is 84.1 Å². The van der Waals surface area contributed by atoms with Crippen LogP contribution in [0.1, 0.15) is 5.56 Å². The van der Waals surface area contributed by atoms with Crippen LogP contribution in [0.4, 0.5) is 0 Å². The molecule has 13 heteroatoms. The zero-order valence-corrected chi connectivity index (χ0v) is 21.0. The number of carboxylic acid groups (broad SMARTS) is 1. The van der Waals surface area contributed by atoms with Gasteiger partial charge < -0.3 is 20.7 Å². The van der Waals surface area contributed by atoms with Gasteiger partial charge in [0.2, 0.25) is 0 Å². The summed E-state index contributed by atoms with van der Waals surface area (Å²) in [5.74, 6) is 0.514. The summed E-state index contributed by atoms with van der Waals surface area (Å²) < 4.78 is 39.7. The summed E-state index contributed by atoms with van der Waals surface area (Å²) in [4.78, 5) is 10.8. The third-order valence-electron chi connectivity index (χ3n) is 2.99. The number of hydrogen-bond donors (Lipinski definition) is 5. The lowest BCUT2D eigenvalue weighted by Gasteiger charge is -2.12. The van der Waals surface area contributed by atoms with E-state index in [1.165, 1.54) is 0 Å². The van der Waals surface area contributed by atoms with Crippen molar-refractivity contribution in [1.82, 2.24) is 0 Å². The Morgan fingerprint density at radius 2 is 1.57 bits per heavy atom. The number of carbonyl (C=O) groups is 1. The van der Waals surface area contributed by atoms with Crippen LogP contribution >= 0.6 is 67.8 Å². The van der Waals surface area contributed by atoms with Gasteiger partial charge in [-0.05, 0) is 104 Å². The summed E-state index contributed by atoms with van der Waals surface area (Å²) >= 11 is 6.23. The Morgan fingerprint density at radius 1 is 1.07 bits per heavy atom. The van der Waals surface area contributed by atoms with Crippen molar-refractivity contribution in [3.8, 4) is 17.2 Å². The van der Waals surface area contributed by atoms with Gasteiger partial charge in [-0.25, -0.2) is 0 Å². The molecule has 0 fully saturated rings. The fourth-order valence-corrected chi connectivity index (χ4v) is 4.22. The maximum atomic E-state index is 10.8. The van der Waals surface area contributed by atoms with Crippen molar-refractivity contribution in [2.75, 3.05) is 0 Å². The summed E-state index contributed by atoms with van der Waals surface area (Å²) in [6.07, 6.45) is 0.265. The standard InChI is InChI=1S/C15H12I3NO4.H2O4S/c16-9-3-7(4-12(19)15(21)22)1-2-13(9)23-8-5-10(17)14(20)11(18)6-8;1-5(2,3)4/h1-3,5-6,12,20H,4,19H2,(H,21,22);(H2,1,2,3,4)/t12-;/m0./s1. The largest absolute Gasteiger partial charge is 0.506 e. The van der Waals surface area contributed by atoms with E-state index in [-0.39, 0.29) is 12.2 Å². The number of benzene rings is 2. The lowest BCUT2D eigenvalue weighted by atomic mass is 10.1. The molecule has 28 heavy (non-hydrogen) atoms. The highest BCUT2D eigenvalue weighted by atomic mass is 127. The Balaban J connectivity index is 0.000000696. The highest BCUT2D eigenvalue weighted by Crippen LogP contribution is 2.34. The Labute approximate surface area is 201 Å². The Morgan fingerprint density at radius 3 is 2.00 bits per heavy atom. The molecule has 0 heterocycles. The minimum absolute atomic E-state index is 0.242. The number of halogens is 3. The maximum absolute atomic E-state index is 10.8. The minimum Gasteiger partial charge on any atom is -0.506 e. The van der Waals surface area contributed by atoms with Crippen molar-refractivity contribution in [2.45, 2.75) is 12.5 Å². The predicted octanol–water partition coefficient (Wildman–Crippen LogP) is 3.30. The Hall–Kier alpha value is -0.470. The average molecular weight is 749 g/mol. The summed E-state index contributed by atoms with van der Waals surface area (Å²) in [5.41, 5.74) is 6.39. The van der Waals surface area contributed by atoms with Crippen LogP contribution in [0.2, 0.25) is 0 Å². The molecule has 154 valence electrons. The molecule has 0 unspecified atom stereocenters. The number of phenols is 1. The zero-order chi connectivity index (χ0) is 21.6. The molecule has 2 rings (SSSR count). The number of phenolic OH excluding ortho intramolecular Hbond substituents is 1. The first-order chi connectivity index (χ1) is 12.8. The van der Waals surface area contributed by atoms with Crippen LogP contribution in [0.5, 0.6) is 17.2 Å². The topological polar surface area (TPSA) is 167 Å². The second kappa shape index (κ2) is 11.1. The Kier molecular flexibility index (Phi) is 10.1. The molecule has 0 radical (unpaired) electrons. The van der Waals surface area contributed by atoms with E-state index in [0.717, 1.165) is 9.13 Å². The van der Waals surface area contributed by atoms with Gasteiger partial charge >= 0.3 is 16.4 Å². The average Bonchev–Trinajstić information content (AvgIpc) is 2.53. The molecular weight excluding hydrogens is 735 g/mol.